The molecule has 0 aliphatic carbocycles. The molecule has 0 spiro atoms. The summed E-state index contributed by atoms with van der Waals surface area (Å²) < 4.78 is 5.45. The third kappa shape index (κ3) is 3.70. The van der Waals surface area contributed by atoms with E-state index >= 15 is 0 Å². The van der Waals surface area contributed by atoms with Crippen LogP contribution in [0.5, 0.6) is 5.75 Å². The lowest BCUT2D eigenvalue weighted by Crippen LogP contribution is -2.05. The Balaban J connectivity index is 2.24. The van der Waals surface area contributed by atoms with Gasteiger partial charge in [-0.05, 0) is 50.6 Å². The SMILES string of the molecule is CCCNc1nc(C)cc(-c2ccc(OCC)cc2)n1. The molecule has 2 rings (SSSR count). The van der Waals surface area contributed by atoms with E-state index in [4.69, 9.17) is 4.74 Å². The number of aryl methyl sites for hydroxylation is 1. The summed E-state index contributed by atoms with van der Waals surface area (Å²) in [7, 11) is 0. The van der Waals surface area contributed by atoms with Crippen molar-refractivity contribution in [3.05, 3.63) is 36.0 Å². The van der Waals surface area contributed by atoms with Crippen LogP contribution in [0.15, 0.2) is 30.3 Å². The van der Waals surface area contributed by atoms with Crippen molar-refractivity contribution >= 4 is 5.95 Å². The van der Waals surface area contributed by atoms with Crippen LogP contribution in [-0.4, -0.2) is 23.1 Å². The Morgan fingerprint density at radius 1 is 1.10 bits per heavy atom. The maximum atomic E-state index is 5.45. The van der Waals surface area contributed by atoms with Gasteiger partial charge in [-0.25, -0.2) is 9.97 Å². The number of hydrogen-bond donors (Lipinski definition) is 1. The van der Waals surface area contributed by atoms with Gasteiger partial charge in [-0.3, -0.25) is 0 Å². The number of rotatable bonds is 6. The van der Waals surface area contributed by atoms with Crippen molar-refractivity contribution in [2.45, 2.75) is 27.2 Å². The zero-order chi connectivity index (χ0) is 14.4. The molecule has 1 heterocycles. The topological polar surface area (TPSA) is 47.0 Å². The molecule has 0 amide bonds. The summed E-state index contributed by atoms with van der Waals surface area (Å²) in [5, 5.41) is 3.23. The molecule has 0 atom stereocenters. The molecule has 4 heteroatoms. The Morgan fingerprint density at radius 3 is 2.50 bits per heavy atom. The molecule has 1 N–H and O–H groups in total. The van der Waals surface area contributed by atoms with E-state index in [1.165, 1.54) is 0 Å². The van der Waals surface area contributed by atoms with Crippen LogP contribution >= 0.6 is 0 Å². The Morgan fingerprint density at radius 2 is 1.85 bits per heavy atom. The number of ether oxygens (including phenoxy) is 1. The fraction of sp³-hybridized carbons (Fsp3) is 0.375. The zero-order valence-electron chi connectivity index (χ0n) is 12.3. The molecule has 0 unspecified atom stereocenters. The number of aromatic nitrogens is 2. The minimum atomic E-state index is 0.678. The molecular weight excluding hydrogens is 250 g/mol. The van der Waals surface area contributed by atoms with Gasteiger partial charge in [0.15, 0.2) is 0 Å². The molecule has 0 fully saturated rings. The van der Waals surface area contributed by atoms with Crippen molar-refractivity contribution in [3.63, 3.8) is 0 Å². The molecular formula is C16H21N3O. The third-order valence-electron chi connectivity index (χ3n) is 2.85. The van der Waals surface area contributed by atoms with Crippen LogP contribution in [0.4, 0.5) is 5.95 Å². The van der Waals surface area contributed by atoms with Crippen LogP contribution in [-0.2, 0) is 0 Å². The van der Waals surface area contributed by atoms with Gasteiger partial charge < -0.3 is 10.1 Å². The Kier molecular flexibility index (Phi) is 4.93. The van der Waals surface area contributed by atoms with E-state index in [0.29, 0.717) is 12.6 Å². The van der Waals surface area contributed by atoms with Gasteiger partial charge in [0.2, 0.25) is 5.95 Å². The van der Waals surface area contributed by atoms with Crippen LogP contribution in [0.25, 0.3) is 11.3 Å². The Bertz CT molecular complexity index is 552. The van der Waals surface area contributed by atoms with Gasteiger partial charge in [-0.15, -0.1) is 0 Å². The fourth-order valence-electron chi connectivity index (χ4n) is 1.92. The predicted molar refractivity (Wildman–Crippen MR) is 82.2 cm³/mol. The van der Waals surface area contributed by atoms with E-state index in [1.807, 2.05) is 44.2 Å². The van der Waals surface area contributed by atoms with Crippen molar-refractivity contribution in [3.8, 4) is 17.0 Å². The molecule has 4 nitrogen and oxygen atoms in total. The van der Waals surface area contributed by atoms with E-state index in [1.54, 1.807) is 0 Å². The lowest BCUT2D eigenvalue weighted by Gasteiger charge is -2.08. The van der Waals surface area contributed by atoms with Gasteiger partial charge in [-0.2, -0.15) is 0 Å². The molecule has 0 saturated heterocycles. The standard InChI is InChI=1S/C16H21N3O/c1-4-10-17-16-18-12(3)11-15(19-16)13-6-8-14(9-7-13)20-5-2/h6-9,11H,4-5,10H2,1-3H3,(H,17,18,19). The number of benzene rings is 1. The normalized spacial score (nSPS) is 10.3. The van der Waals surface area contributed by atoms with Gasteiger partial charge in [-0.1, -0.05) is 6.92 Å². The fourth-order valence-corrected chi connectivity index (χ4v) is 1.92. The third-order valence-corrected chi connectivity index (χ3v) is 2.85. The summed E-state index contributed by atoms with van der Waals surface area (Å²) >= 11 is 0. The maximum Gasteiger partial charge on any atom is 0.223 e. The first-order valence-electron chi connectivity index (χ1n) is 7.05. The summed E-state index contributed by atoms with van der Waals surface area (Å²) in [4.78, 5) is 8.95. The molecule has 106 valence electrons. The smallest absolute Gasteiger partial charge is 0.223 e. The van der Waals surface area contributed by atoms with Crippen LogP contribution in [0.2, 0.25) is 0 Å². The second-order valence-electron chi connectivity index (χ2n) is 4.60. The highest BCUT2D eigenvalue weighted by Gasteiger charge is 2.04. The van der Waals surface area contributed by atoms with Gasteiger partial charge in [0, 0.05) is 17.8 Å². The van der Waals surface area contributed by atoms with Crippen molar-refractivity contribution in [2.75, 3.05) is 18.5 Å². The minimum Gasteiger partial charge on any atom is -0.494 e. The first-order chi connectivity index (χ1) is 9.72. The highest BCUT2D eigenvalue weighted by atomic mass is 16.5. The van der Waals surface area contributed by atoms with Gasteiger partial charge in [0.25, 0.3) is 0 Å². The molecule has 0 bridgehead atoms. The second kappa shape index (κ2) is 6.89. The first kappa shape index (κ1) is 14.3. The average molecular weight is 271 g/mol. The highest BCUT2D eigenvalue weighted by molar-refractivity contribution is 5.61. The quantitative estimate of drug-likeness (QED) is 0.870. The van der Waals surface area contributed by atoms with Gasteiger partial charge >= 0.3 is 0 Å². The maximum absolute atomic E-state index is 5.45. The number of nitrogens with zero attached hydrogens (tertiary/aromatic N) is 2. The molecule has 20 heavy (non-hydrogen) atoms. The van der Waals surface area contributed by atoms with E-state index in [-0.39, 0.29) is 0 Å². The van der Waals surface area contributed by atoms with Gasteiger partial charge in [0.05, 0.1) is 12.3 Å². The molecule has 1 aromatic carbocycles. The van der Waals surface area contributed by atoms with Crippen molar-refractivity contribution in [2.24, 2.45) is 0 Å². The second-order valence-corrected chi connectivity index (χ2v) is 4.60. The highest BCUT2D eigenvalue weighted by Crippen LogP contribution is 2.22. The lowest BCUT2D eigenvalue weighted by atomic mass is 10.1. The molecule has 0 aliphatic rings. The molecule has 0 radical (unpaired) electrons. The van der Waals surface area contributed by atoms with Crippen LogP contribution in [0.1, 0.15) is 26.0 Å². The summed E-state index contributed by atoms with van der Waals surface area (Å²) in [6, 6.07) is 9.98. The Hall–Kier alpha value is -2.10. The number of hydrogen-bond acceptors (Lipinski definition) is 4. The van der Waals surface area contributed by atoms with Gasteiger partial charge in [0.1, 0.15) is 5.75 Å². The van der Waals surface area contributed by atoms with E-state index < -0.39 is 0 Å². The van der Waals surface area contributed by atoms with E-state index in [0.717, 1.165) is 35.7 Å². The largest absolute Gasteiger partial charge is 0.494 e. The molecule has 1 aromatic heterocycles. The minimum absolute atomic E-state index is 0.678. The van der Waals surface area contributed by atoms with Crippen LogP contribution < -0.4 is 10.1 Å². The van der Waals surface area contributed by atoms with Crippen molar-refractivity contribution in [1.29, 1.82) is 0 Å². The summed E-state index contributed by atoms with van der Waals surface area (Å²) in [5.74, 6) is 1.57. The molecule has 2 aromatic rings. The monoisotopic (exact) mass is 271 g/mol. The zero-order valence-corrected chi connectivity index (χ0v) is 12.3. The van der Waals surface area contributed by atoms with Crippen molar-refractivity contribution in [1.82, 2.24) is 9.97 Å². The van der Waals surface area contributed by atoms with Crippen molar-refractivity contribution < 1.29 is 4.74 Å². The molecule has 0 aliphatic heterocycles. The summed E-state index contributed by atoms with van der Waals surface area (Å²) in [6.45, 7) is 7.64. The number of nitrogens with one attached hydrogen (secondary N) is 1. The summed E-state index contributed by atoms with van der Waals surface area (Å²) in [5.41, 5.74) is 2.96. The Labute approximate surface area is 120 Å². The average Bonchev–Trinajstić information content (AvgIpc) is 2.46. The van der Waals surface area contributed by atoms with Crippen LogP contribution in [0, 0.1) is 6.92 Å². The molecule has 0 saturated carbocycles. The van der Waals surface area contributed by atoms with E-state index in [2.05, 4.69) is 22.2 Å². The predicted octanol–water partition coefficient (Wildman–Crippen LogP) is 3.67. The summed E-state index contributed by atoms with van der Waals surface area (Å²) in [6.07, 6.45) is 1.05. The first-order valence-corrected chi connectivity index (χ1v) is 7.05. The lowest BCUT2D eigenvalue weighted by molar-refractivity contribution is 0.340. The van der Waals surface area contributed by atoms with E-state index in [9.17, 15) is 0 Å². The van der Waals surface area contributed by atoms with Crippen LogP contribution in [0.3, 0.4) is 0 Å². The number of anilines is 1.